The highest BCUT2D eigenvalue weighted by molar-refractivity contribution is 7.99. The Hall–Kier alpha value is -0.520. The second kappa shape index (κ2) is 5.21. The molecule has 3 nitrogen and oxygen atoms in total. The van der Waals surface area contributed by atoms with Gasteiger partial charge in [0.1, 0.15) is 5.03 Å². The summed E-state index contributed by atoms with van der Waals surface area (Å²) in [6, 6.07) is 0. The monoisotopic (exact) mass is 255 g/mol. The van der Waals surface area contributed by atoms with Gasteiger partial charge in [-0.2, -0.15) is 0 Å². The van der Waals surface area contributed by atoms with Crippen molar-refractivity contribution in [3.63, 3.8) is 0 Å². The van der Waals surface area contributed by atoms with Crippen molar-refractivity contribution in [1.29, 1.82) is 0 Å². The topological polar surface area (TPSA) is 29.3 Å². The lowest BCUT2D eigenvalue weighted by atomic mass is 10.4. The number of hydrogen-bond acceptors (Lipinski definition) is 4. The third-order valence-electron chi connectivity index (χ3n) is 2.21. The third kappa shape index (κ3) is 2.42. The van der Waals surface area contributed by atoms with Crippen LogP contribution < -0.4 is 5.32 Å². The highest BCUT2D eigenvalue weighted by Crippen LogP contribution is 2.28. The van der Waals surface area contributed by atoms with Gasteiger partial charge < -0.3 is 5.32 Å². The van der Waals surface area contributed by atoms with E-state index in [1.165, 1.54) is 10.7 Å². The Labute approximate surface area is 104 Å². The quantitative estimate of drug-likeness (QED) is 0.833. The lowest BCUT2D eigenvalue weighted by Crippen LogP contribution is -2.13. The Balaban J connectivity index is 2.33. The van der Waals surface area contributed by atoms with Crippen LogP contribution in [0.3, 0.4) is 0 Å². The van der Waals surface area contributed by atoms with Crippen molar-refractivity contribution >= 4 is 28.1 Å². The van der Waals surface area contributed by atoms with Gasteiger partial charge >= 0.3 is 0 Å². The van der Waals surface area contributed by atoms with Crippen molar-refractivity contribution in [3.8, 4) is 0 Å². The largest absolute Gasteiger partial charge is 0.311 e. The molecule has 0 saturated carbocycles. The molecule has 0 fully saturated rings. The van der Waals surface area contributed by atoms with Gasteiger partial charge in [-0.05, 0) is 6.54 Å². The first-order valence-electron chi connectivity index (χ1n) is 5.54. The first-order valence-corrected chi connectivity index (χ1v) is 7.30. The van der Waals surface area contributed by atoms with E-state index in [1.54, 1.807) is 11.3 Å². The summed E-state index contributed by atoms with van der Waals surface area (Å²) in [4.78, 5) is 5.76. The summed E-state index contributed by atoms with van der Waals surface area (Å²) in [6.07, 6.45) is 2.10. The molecule has 0 aliphatic carbocycles. The van der Waals surface area contributed by atoms with Gasteiger partial charge in [-0.3, -0.25) is 4.40 Å². The zero-order chi connectivity index (χ0) is 11.5. The van der Waals surface area contributed by atoms with Crippen molar-refractivity contribution in [2.24, 2.45) is 0 Å². The molecule has 0 saturated heterocycles. The lowest BCUT2D eigenvalue weighted by Gasteiger charge is -2.06. The first-order chi connectivity index (χ1) is 7.72. The molecule has 2 aromatic heterocycles. The zero-order valence-corrected chi connectivity index (χ0v) is 11.5. The normalized spacial score (nSPS) is 11.8. The molecular weight excluding hydrogens is 238 g/mol. The van der Waals surface area contributed by atoms with Crippen LogP contribution in [0, 0.1) is 0 Å². The Morgan fingerprint density at radius 3 is 3.06 bits per heavy atom. The molecule has 88 valence electrons. The maximum atomic E-state index is 4.67. The minimum Gasteiger partial charge on any atom is -0.311 e. The number of fused-ring (bicyclic) bond motifs is 1. The van der Waals surface area contributed by atoms with Crippen LogP contribution in [0.25, 0.3) is 4.96 Å². The van der Waals surface area contributed by atoms with E-state index in [9.17, 15) is 0 Å². The molecule has 0 aliphatic rings. The molecule has 0 amide bonds. The molecule has 1 N–H and O–H groups in total. The molecule has 2 rings (SSSR count). The number of rotatable bonds is 5. The molecule has 0 atom stereocenters. The van der Waals surface area contributed by atoms with Crippen LogP contribution in [0.5, 0.6) is 0 Å². The molecule has 0 bridgehead atoms. The molecule has 0 unspecified atom stereocenters. The summed E-state index contributed by atoms with van der Waals surface area (Å²) in [6.45, 7) is 8.41. The van der Waals surface area contributed by atoms with E-state index < -0.39 is 0 Å². The van der Waals surface area contributed by atoms with Crippen molar-refractivity contribution in [2.45, 2.75) is 37.6 Å². The van der Waals surface area contributed by atoms with E-state index >= 15 is 0 Å². The minimum atomic E-state index is 0.574. The van der Waals surface area contributed by atoms with E-state index in [2.05, 4.69) is 47.0 Å². The maximum absolute atomic E-state index is 4.67. The average molecular weight is 255 g/mol. The van der Waals surface area contributed by atoms with Gasteiger partial charge in [0, 0.05) is 23.4 Å². The van der Waals surface area contributed by atoms with E-state index in [-0.39, 0.29) is 0 Å². The van der Waals surface area contributed by atoms with Crippen molar-refractivity contribution in [1.82, 2.24) is 14.7 Å². The van der Waals surface area contributed by atoms with Crippen LogP contribution in [0.4, 0.5) is 0 Å². The van der Waals surface area contributed by atoms with Gasteiger partial charge in [0.05, 0.1) is 5.69 Å². The molecule has 0 radical (unpaired) electrons. The highest BCUT2D eigenvalue weighted by atomic mass is 32.2. The van der Waals surface area contributed by atoms with E-state index in [1.807, 2.05) is 11.8 Å². The Morgan fingerprint density at radius 1 is 1.56 bits per heavy atom. The summed E-state index contributed by atoms with van der Waals surface area (Å²) >= 11 is 3.53. The summed E-state index contributed by atoms with van der Waals surface area (Å²) in [5.74, 6) is 0. The predicted octanol–water partition coefficient (Wildman–Crippen LogP) is 3.01. The van der Waals surface area contributed by atoms with Crippen LogP contribution >= 0.6 is 23.1 Å². The van der Waals surface area contributed by atoms with Crippen molar-refractivity contribution in [3.05, 3.63) is 17.3 Å². The first kappa shape index (κ1) is 12.0. The van der Waals surface area contributed by atoms with Gasteiger partial charge in [0.2, 0.25) is 0 Å². The Bertz CT molecular complexity index is 459. The van der Waals surface area contributed by atoms with Gasteiger partial charge in [0.25, 0.3) is 0 Å². The molecule has 0 aromatic carbocycles. The second-order valence-electron chi connectivity index (χ2n) is 3.87. The smallest absolute Gasteiger partial charge is 0.194 e. The lowest BCUT2D eigenvalue weighted by molar-refractivity contribution is 0.694. The van der Waals surface area contributed by atoms with Crippen LogP contribution in [0.15, 0.2) is 16.6 Å². The molecule has 0 aliphatic heterocycles. The number of nitrogens with one attached hydrogen (secondary N) is 1. The number of aromatic nitrogens is 2. The number of hydrogen-bond donors (Lipinski definition) is 1. The minimum absolute atomic E-state index is 0.574. The molecular formula is C11H17N3S2. The standard InChI is InChI=1S/C11H17N3S2/c1-4-12-7-9-10(16-8(2)3)13-11-14(9)5-6-15-11/h5-6,8,12H,4,7H2,1-3H3. The molecule has 16 heavy (non-hydrogen) atoms. The van der Waals surface area contributed by atoms with E-state index in [4.69, 9.17) is 0 Å². The summed E-state index contributed by atoms with van der Waals surface area (Å²) in [5, 5.41) is 7.20. The molecule has 2 aromatic rings. The number of imidazole rings is 1. The maximum Gasteiger partial charge on any atom is 0.194 e. The predicted molar refractivity (Wildman–Crippen MR) is 71.4 cm³/mol. The fourth-order valence-corrected chi connectivity index (χ4v) is 3.22. The van der Waals surface area contributed by atoms with Crippen LogP contribution in [0.2, 0.25) is 0 Å². The molecule has 0 spiro atoms. The van der Waals surface area contributed by atoms with Crippen molar-refractivity contribution < 1.29 is 0 Å². The summed E-state index contributed by atoms with van der Waals surface area (Å²) in [7, 11) is 0. The zero-order valence-electron chi connectivity index (χ0n) is 9.86. The Kier molecular flexibility index (Phi) is 3.89. The number of nitrogens with zero attached hydrogens (tertiary/aromatic N) is 2. The fourth-order valence-electron chi connectivity index (χ4n) is 1.53. The third-order valence-corrected chi connectivity index (χ3v) is 3.99. The van der Waals surface area contributed by atoms with Gasteiger partial charge in [-0.15, -0.1) is 23.1 Å². The van der Waals surface area contributed by atoms with Gasteiger partial charge in [-0.1, -0.05) is 20.8 Å². The molecule has 2 heterocycles. The van der Waals surface area contributed by atoms with E-state index in [0.29, 0.717) is 5.25 Å². The average Bonchev–Trinajstić information content (AvgIpc) is 2.75. The van der Waals surface area contributed by atoms with Gasteiger partial charge in [0.15, 0.2) is 4.96 Å². The van der Waals surface area contributed by atoms with Crippen LogP contribution in [-0.2, 0) is 6.54 Å². The van der Waals surface area contributed by atoms with Crippen LogP contribution in [0.1, 0.15) is 26.5 Å². The number of thiazole rings is 1. The summed E-state index contributed by atoms with van der Waals surface area (Å²) < 4.78 is 2.19. The number of thioether (sulfide) groups is 1. The van der Waals surface area contributed by atoms with Crippen molar-refractivity contribution in [2.75, 3.05) is 6.54 Å². The summed E-state index contributed by atoms with van der Waals surface area (Å²) in [5.41, 5.74) is 1.29. The van der Waals surface area contributed by atoms with E-state index in [0.717, 1.165) is 18.1 Å². The molecule has 5 heteroatoms. The second-order valence-corrected chi connectivity index (χ2v) is 6.30. The van der Waals surface area contributed by atoms with Gasteiger partial charge in [-0.25, -0.2) is 4.98 Å². The Morgan fingerprint density at radius 2 is 2.38 bits per heavy atom. The SMILES string of the molecule is CCNCc1c(SC(C)C)nc2sccn12. The fraction of sp³-hybridized carbons (Fsp3) is 0.545. The highest BCUT2D eigenvalue weighted by Gasteiger charge is 2.14. The van der Waals surface area contributed by atoms with Crippen LogP contribution in [-0.4, -0.2) is 21.2 Å².